The van der Waals surface area contributed by atoms with Crippen molar-refractivity contribution in [1.29, 1.82) is 0 Å². The number of hydrogen-bond donors (Lipinski definition) is 2. The maximum atomic E-state index is 12.1. The Morgan fingerprint density at radius 1 is 1.33 bits per heavy atom. The molecule has 0 aromatic heterocycles. The summed E-state index contributed by atoms with van der Waals surface area (Å²) in [6.07, 6.45) is 15.5. The van der Waals surface area contributed by atoms with Crippen LogP contribution in [-0.4, -0.2) is 42.7 Å². The van der Waals surface area contributed by atoms with Crippen LogP contribution in [0, 0.1) is 0 Å². The molecule has 170 valence electrons. The number of hydrogen-bond acceptors (Lipinski definition) is 4. The number of carbonyl (C=O) groups excluding carboxylic acids is 2. The van der Waals surface area contributed by atoms with Gasteiger partial charge in [-0.15, -0.1) is 0 Å². The van der Waals surface area contributed by atoms with Crippen LogP contribution in [0.15, 0.2) is 34.9 Å². The molecule has 6 heteroatoms. The van der Waals surface area contributed by atoms with Crippen LogP contribution in [0.1, 0.15) is 77.6 Å². The summed E-state index contributed by atoms with van der Waals surface area (Å²) in [5, 5.41) is 12.5. The van der Waals surface area contributed by atoms with Gasteiger partial charge < -0.3 is 15.2 Å². The number of rotatable bonds is 15. The third-order valence-electron chi connectivity index (χ3n) is 5.38. The molecule has 0 saturated carbocycles. The molecule has 1 rings (SSSR count). The van der Waals surface area contributed by atoms with E-state index in [2.05, 4.69) is 18.3 Å². The normalized spacial score (nSPS) is 18.5. The first-order chi connectivity index (χ1) is 14.5. The fourth-order valence-electron chi connectivity index (χ4n) is 3.45. The Morgan fingerprint density at radius 2 is 2.10 bits per heavy atom. The molecule has 0 saturated heterocycles. The molecule has 0 radical (unpaired) electrons. The van der Waals surface area contributed by atoms with Crippen LogP contribution in [0.3, 0.4) is 0 Å². The molecule has 2 N–H and O–H groups in total. The second kappa shape index (κ2) is 16.3. The highest BCUT2D eigenvalue weighted by atomic mass is 35.5. The fraction of sp³-hybridized carbons (Fsp3) is 0.667. The first-order valence-electron chi connectivity index (χ1n) is 11.2. The number of nitrogens with one attached hydrogen (secondary N) is 1. The molecule has 0 aliphatic heterocycles. The standard InChI is InChI=1S/C24H38ClNO4/c1-3-4-5-6-8-12-20(30-2)13-9-7-10-16-23(28)26-18-19(17-25)21-14-11-15-22(27)24(21)29/h7,9,14,17,20,22,27H,3-6,8,10-13,15-16,18H2,1-2H3,(H,26,28)/b9-7+,19-17-/t20-,22-/m1/s1. The molecule has 0 fully saturated rings. The molecule has 1 aliphatic carbocycles. The Hall–Kier alpha value is -1.43. The summed E-state index contributed by atoms with van der Waals surface area (Å²) < 4.78 is 5.54. The molecule has 0 bridgehead atoms. The molecule has 30 heavy (non-hydrogen) atoms. The van der Waals surface area contributed by atoms with E-state index in [1.807, 2.05) is 6.08 Å². The van der Waals surface area contributed by atoms with Gasteiger partial charge in [-0.25, -0.2) is 0 Å². The second-order valence-electron chi connectivity index (χ2n) is 7.79. The Balaban J connectivity index is 2.25. The summed E-state index contributed by atoms with van der Waals surface area (Å²) >= 11 is 5.84. The van der Waals surface area contributed by atoms with Crippen molar-refractivity contribution in [2.75, 3.05) is 13.7 Å². The van der Waals surface area contributed by atoms with Crippen LogP contribution in [0.5, 0.6) is 0 Å². The van der Waals surface area contributed by atoms with Crippen LogP contribution in [0.25, 0.3) is 0 Å². The lowest BCUT2D eigenvalue weighted by atomic mass is 9.91. The summed E-state index contributed by atoms with van der Waals surface area (Å²) in [4.78, 5) is 24.1. The van der Waals surface area contributed by atoms with E-state index in [9.17, 15) is 14.7 Å². The molecule has 0 spiro atoms. The highest BCUT2D eigenvalue weighted by molar-refractivity contribution is 6.26. The summed E-state index contributed by atoms with van der Waals surface area (Å²) in [7, 11) is 1.76. The number of halogens is 1. The number of carbonyl (C=O) groups is 2. The second-order valence-corrected chi connectivity index (χ2v) is 8.01. The van der Waals surface area contributed by atoms with Gasteiger partial charge in [0.15, 0.2) is 5.78 Å². The quantitative estimate of drug-likeness (QED) is 0.279. The minimum absolute atomic E-state index is 0.0979. The van der Waals surface area contributed by atoms with Crippen molar-refractivity contribution in [2.24, 2.45) is 0 Å². The number of Topliss-reactive ketones (excluding diaryl/α,β-unsaturated/α-hetero) is 1. The van der Waals surface area contributed by atoms with E-state index in [-0.39, 0.29) is 24.3 Å². The van der Waals surface area contributed by atoms with Gasteiger partial charge in [0, 0.05) is 31.2 Å². The molecule has 1 amide bonds. The number of methoxy groups -OCH3 is 1. The number of ketones is 1. The van der Waals surface area contributed by atoms with Crippen LogP contribution in [0.2, 0.25) is 0 Å². The van der Waals surface area contributed by atoms with Crippen molar-refractivity contribution in [3.8, 4) is 0 Å². The van der Waals surface area contributed by atoms with Crippen molar-refractivity contribution < 1.29 is 19.4 Å². The van der Waals surface area contributed by atoms with E-state index in [1.165, 1.54) is 37.6 Å². The van der Waals surface area contributed by atoms with E-state index in [0.717, 1.165) is 12.8 Å². The maximum absolute atomic E-state index is 12.1. The van der Waals surface area contributed by atoms with Crippen LogP contribution >= 0.6 is 11.6 Å². The van der Waals surface area contributed by atoms with E-state index in [0.29, 0.717) is 36.8 Å². The predicted octanol–water partition coefficient (Wildman–Crippen LogP) is 4.98. The average molecular weight is 440 g/mol. The zero-order chi connectivity index (χ0) is 22.2. The van der Waals surface area contributed by atoms with E-state index < -0.39 is 6.10 Å². The minimum atomic E-state index is -0.982. The monoisotopic (exact) mass is 439 g/mol. The van der Waals surface area contributed by atoms with Crippen molar-refractivity contribution in [3.05, 3.63) is 34.9 Å². The summed E-state index contributed by atoms with van der Waals surface area (Å²) in [5.74, 6) is -0.428. The molecular weight excluding hydrogens is 402 g/mol. The van der Waals surface area contributed by atoms with Crippen molar-refractivity contribution >= 4 is 23.3 Å². The lowest BCUT2D eigenvalue weighted by molar-refractivity contribution is -0.124. The molecular formula is C24H38ClNO4. The van der Waals surface area contributed by atoms with Gasteiger partial charge in [0.25, 0.3) is 0 Å². The minimum Gasteiger partial charge on any atom is -0.385 e. The number of aliphatic hydroxyl groups is 1. The number of amides is 1. The Bertz CT molecular complexity index is 612. The highest BCUT2D eigenvalue weighted by Crippen LogP contribution is 2.21. The SMILES string of the molecule is CCCCCCC[C@H](C/C=C/CCC(=O)NC/C(=C/Cl)C1=CCC[C@@H](O)C1=O)OC. The number of aliphatic hydroxyl groups excluding tert-OH is 1. The average Bonchev–Trinajstić information content (AvgIpc) is 2.75. The highest BCUT2D eigenvalue weighted by Gasteiger charge is 2.25. The molecule has 0 aromatic carbocycles. The van der Waals surface area contributed by atoms with Gasteiger partial charge in [-0.1, -0.05) is 68.9 Å². The summed E-state index contributed by atoms with van der Waals surface area (Å²) in [6.45, 7) is 2.40. The first kappa shape index (κ1) is 26.6. The van der Waals surface area contributed by atoms with Gasteiger partial charge in [0.1, 0.15) is 6.10 Å². The van der Waals surface area contributed by atoms with E-state index in [1.54, 1.807) is 13.2 Å². The van der Waals surface area contributed by atoms with Crippen LogP contribution in [-0.2, 0) is 14.3 Å². The van der Waals surface area contributed by atoms with Crippen LogP contribution < -0.4 is 5.32 Å². The maximum Gasteiger partial charge on any atom is 0.220 e. The van der Waals surface area contributed by atoms with Gasteiger partial charge in [0.2, 0.25) is 5.91 Å². The molecule has 5 nitrogen and oxygen atoms in total. The molecule has 0 aromatic rings. The van der Waals surface area contributed by atoms with Crippen molar-refractivity contribution in [3.63, 3.8) is 0 Å². The molecule has 0 heterocycles. The molecule has 2 atom stereocenters. The molecule has 0 unspecified atom stereocenters. The zero-order valence-electron chi connectivity index (χ0n) is 18.5. The largest absolute Gasteiger partial charge is 0.385 e. The Kier molecular flexibility index (Phi) is 14.4. The van der Waals surface area contributed by atoms with Gasteiger partial charge in [-0.05, 0) is 37.7 Å². The third-order valence-corrected chi connectivity index (χ3v) is 5.64. The van der Waals surface area contributed by atoms with Gasteiger partial charge >= 0.3 is 0 Å². The lowest BCUT2D eigenvalue weighted by Gasteiger charge is -2.19. The third kappa shape index (κ3) is 10.6. The van der Waals surface area contributed by atoms with Crippen LogP contribution in [0.4, 0.5) is 0 Å². The summed E-state index contributed by atoms with van der Waals surface area (Å²) in [5.41, 5.74) is 2.24. The van der Waals surface area contributed by atoms with E-state index >= 15 is 0 Å². The Morgan fingerprint density at radius 3 is 2.80 bits per heavy atom. The van der Waals surface area contributed by atoms with Crippen molar-refractivity contribution in [2.45, 2.75) is 89.8 Å². The number of ether oxygens (including phenoxy) is 1. The molecule has 1 aliphatic rings. The topological polar surface area (TPSA) is 75.6 Å². The number of allylic oxidation sites excluding steroid dienone is 2. The zero-order valence-corrected chi connectivity index (χ0v) is 19.3. The Labute approximate surface area is 186 Å². The summed E-state index contributed by atoms with van der Waals surface area (Å²) in [6, 6.07) is 0. The fourth-order valence-corrected chi connectivity index (χ4v) is 3.64. The van der Waals surface area contributed by atoms with Gasteiger partial charge in [0.05, 0.1) is 6.10 Å². The predicted molar refractivity (Wildman–Crippen MR) is 122 cm³/mol. The smallest absolute Gasteiger partial charge is 0.220 e. The lowest BCUT2D eigenvalue weighted by Crippen LogP contribution is -2.31. The van der Waals surface area contributed by atoms with Crippen molar-refractivity contribution in [1.82, 2.24) is 5.32 Å². The number of unbranched alkanes of at least 4 members (excludes halogenated alkanes) is 4. The van der Waals surface area contributed by atoms with Gasteiger partial charge in [-0.3, -0.25) is 9.59 Å². The van der Waals surface area contributed by atoms with Gasteiger partial charge in [-0.2, -0.15) is 0 Å². The first-order valence-corrected chi connectivity index (χ1v) is 11.6. The van der Waals surface area contributed by atoms with E-state index in [4.69, 9.17) is 16.3 Å².